The van der Waals surface area contributed by atoms with Crippen LogP contribution in [0.15, 0.2) is 18.2 Å². The van der Waals surface area contributed by atoms with Gasteiger partial charge in [0.2, 0.25) is 0 Å². The predicted octanol–water partition coefficient (Wildman–Crippen LogP) is 2.53. The summed E-state index contributed by atoms with van der Waals surface area (Å²) in [5.41, 5.74) is 0.758. The van der Waals surface area contributed by atoms with Crippen molar-refractivity contribution in [2.24, 2.45) is 0 Å². The molecule has 0 spiro atoms. The van der Waals surface area contributed by atoms with Gasteiger partial charge >= 0.3 is 6.18 Å². The Morgan fingerprint density at radius 3 is 2.24 bits per heavy atom. The number of benzene rings is 1. The van der Waals surface area contributed by atoms with Gasteiger partial charge in [-0.05, 0) is 30.7 Å². The van der Waals surface area contributed by atoms with Crippen LogP contribution in [0.5, 0.6) is 0 Å². The Morgan fingerprint density at radius 2 is 1.71 bits per heavy atom. The summed E-state index contributed by atoms with van der Waals surface area (Å²) in [6.45, 7) is 6.55. The van der Waals surface area contributed by atoms with Crippen molar-refractivity contribution >= 4 is 5.69 Å². The first-order chi connectivity index (χ1) is 9.93. The van der Waals surface area contributed by atoms with Crippen molar-refractivity contribution in [3.63, 3.8) is 0 Å². The maximum Gasteiger partial charge on any atom is 0.416 e. The lowest BCUT2D eigenvalue weighted by atomic mass is 10.1. The Bertz CT molecular complexity index is 506. The van der Waals surface area contributed by atoms with E-state index in [-0.39, 0.29) is 0 Å². The highest BCUT2D eigenvalue weighted by Crippen LogP contribution is 2.33. The van der Waals surface area contributed by atoms with Crippen LogP contribution in [0.1, 0.15) is 11.1 Å². The first-order valence-electron chi connectivity index (χ1n) is 7.19. The largest absolute Gasteiger partial charge is 0.416 e. The number of aryl methyl sites for hydroxylation is 1. The average Bonchev–Trinajstić information content (AvgIpc) is 2.36. The van der Waals surface area contributed by atoms with Crippen LogP contribution in [0.2, 0.25) is 0 Å². The van der Waals surface area contributed by atoms with Crippen molar-refractivity contribution in [3.8, 4) is 0 Å². The number of alkyl halides is 3. The van der Waals surface area contributed by atoms with Crippen LogP contribution >= 0.6 is 0 Å². The Kier molecular flexibility index (Phi) is 3.84. The average molecular weight is 300 g/mol. The maximum absolute atomic E-state index is 12.9. The highest BCUT2D eigenvalue weighted by molar-refractivity contribution is 5.52. The maximum atomic E-state index is 12.9. The van der Waals surface area contributed by atoms with Crippen LogP contribution in [0.25, 0.3) is 0 Å². The third kappa shape index (κ3) is 3.16. The van der Waals surface area contributed by atoms with Gasteiger partial charge in [0.1, 0.15) is 0 Å². The summed E-state index contributed by atoms with van der Waals surface area (Å²) in [6.07, 6.45) is -4.29. The summed E-state index contributed by atoms with van der Waals surface area (Å²) < 4.78 is 43.9. The lowest BCUT2D eigenvalue weighted by molar-refractivity contribution is -0.137. The number of rotatable bonds is 2. The Hall–Kier alpha value is -1.27. The molecule has 0 saturated carbocycles. The molecule has 0 aliphatic carbocycles. The quantitative estimate of drug-likeness (QED) is 0.835. The van der Waals surface area contributed by atoms with Gasteiger partial charge in [0.15, 0.2) is 0 Å². The summed E-state index contributed by atoms with van der Waals surface area (Å²) in [5.74, 6) is 0. The van der Waals surface area contributed by atoms with Crippen molar-refractivity contribution < 1.29 is 17.9 Å². The van der Waals surface area contributed by atoms with Crippen LogP contribution in [0, 0.1) is 6.92 Å². The van der Waals surface area contributed by atoms with E-state index in [0.717, 1.165) is 39.4 Å². The topological polar surface area (TPSA) is 15.7 Å². The first-order valence-corrected chi connectivity index (χ1v) is 7.19. The molecule has 2 aliphatic rings. The van der Waals surface area contributed by atoms with E-state index in [1.807, 2.05) is 11.0 Å². The molecule has 2 aliphatic heterocycles. The number of ether oxygens (including phenoxy) is 1. The normalized spacial score (nSPS) is 21.4. The molecule has 2 saturated heterocycles. The highest BCUT2D eigenvalue weighted by atomic mass is 19.4. The van der Waals surface area contributed by atoms with E-state index in [0.29, 0.717) is 17.3 Å². The molecule has 1 aromatic carbocycles. The summed E-state index contributed by atoms with van der Waals surface area (Å²) in [7, 11) is 0. The molecule has 2 fully saturated rings. The van der Waals surface area contributed by atoms with Gasteiger partial charge in [0.05, 0.1) is 24.8 Å². The fourth-order valence-corrected chi connectivity index (χ4v) is 2.89. The van der Waals surface area contributed by atoms with Crippen LogP contribution in [-0.2, 0) is 10.9 Å². The van der Waals surface area contributed by atoms with Gasteiger partial charge in [-0.3, -0.25) is 4.90 Å². The van der Waals surface area contributed by atoms with E-state index in [2.05, 4.69) is 4.90 Å². The van der Waals surface area contributed by atoms with Gasteiger partial charge in [0, 0.05) is 31.9 Å². The SMILES string of the molecule is Cc1cc(N2CCN(C3COC3)CC2)cc(C(F)(F)F)c1. The third-order valence-electron chi connectivity index (χ3n) is 4.21. The van der Waals surface area contributed by atoms with Gasteiger partial charge in [-0.15, -0.1) is 0 Å². The minimum atomic E-state index is -4.29. The monoisotopic (exact) mass is 300 g/mol. The zero-order valence-electron chi connectivity index (χ0n) is 12.0. The molecule has 1 aromatic rings. The third-order valence-corrected chi connectivity index (χ3v) is 4.21. The van der Waals surface area contributed by atoms with Gasteiger partial charge in [0.25, 0.3) is 0 Å². The standard InChI is InChI=1S/C15H19F3N2O/c1-11-6-12(15(16,17)18)8-13(7-11)19-2-4-20(5-3-19)14-9-21-10-14/h6-8,14H,2-5,9-10H2,1H3. The molecule has 6 heteroatoms. The van der Waals surface area contributed by atoms with Crippen molar-refractivity contribution in [2.45, 2.75) is 19.1 Å². The van der Waals surface area contributed by atoms with Gasteiger partial charge in [-0.25, -0.2) is 0 Å². The second-order valence-corrected chi connectivity index (χ2v) is 5.77. The number of hydrogen-bond acceptors (Lipinski definition) is 3. The van der Waals surface area contributed by atoms with Crippen LogP contribution < -0.4 is 4.90 Å². The molecule has 3 rings (SSSR count). The van der Waals surface area contributed by atoms with Crippen LogP contribution in [0.3, 0.4) is 0 Å². The lowest BCUT2D eigenvalue weighted by Gasteiger charge is -2.43. The molecular formula is C15H19F3N2O. The highest BCUT2D eigenvalue weighted by Gasteiger charge is 2.32. The molecule has 0 bridgehead atoms. The Morgan fingerprint density at radius 1 is 1.05 bits per heavy atom. The second kappa shape index (κ2) is 5.50. The minimum Gasteiger partial charge on any atom is -0.378 e. The fraction of sp³-hybridized carbons (Fsp3) is 0.600. The Labute approximate surface area is 122 Å². The van der Waals surface area contributed by atoms with E-state index in [4.69, 9.17) is 4.74 Å². The van der Waals surface area contributed by atoms with E-state index < -0.39 is 11.7 Å². The van der Waals surface area contributed by atoms with E-state index in [1.165, 1.54) is 12.1 Å². The number of halogens is 3. The van der Waals surface area contributed by atoms with Crippen molar-refractivity contribution in [1.29, 1.82) is 0 Å². The molecule has 0 amide bonds. The van der Waals surface area contributed by atoms with E-state index in [1.54, 1.807) is 6.92 Å². The molecule has 0 unspecified atom stereocenters. The molecule has 3 nitrogen and oxygen atoms in total. The fourth-order valence-electron chi connectivity index (χ4n) is 2.89. The summed E-state index contributed by atoms with van der Waals surface area (Å²) >= 11 is 0. The molecule has 2 heterocycles. The van der Waals surface area contributed by atoms with Crippen LogP contribution in [0.4, 0.5) is 18.9 Å². The molecule has 0 N–H and O–H groups in total. The molecule has 0 radical (unpaired) electrons. The van der Waals surface area contributed by atoms with Gasteiger partial charge < -0.3 is 9.64 Å². The van der Waals surface area contributed by atoms with Crippen molar-refractivity contribution in [1.82, 2.24) is 4.90 Å². The predicted molar refractivity (Wildman–Crippen MR) is 74.6 cm³/mol. The molecule has 21 heavy (non-hydrogen) atoms. The van der Waals surface area contributed by atoms with Crippen LogP contribution in [-0.4, -0.2) is 50.3 Å². The summed E-state index contributed by atoms with van der Waals surface area (Å²) in [6, 6.07) is 4.79. The number of hydrogen-bond donors (Lipinski definition) is 0. The smallest absolute Gasteiger partial charge is 0.378 e. The number of piperazine rings is 1. The van der Waals surface area contributed by atoms with Gasteiger partial charge in [-0.1, -0.05) is 0 Å². The zero-order valence-corrected chi connectivity index (χ0v) is 12.0. The summed E-state index contributed by atoms with van der Waals surface area (Å²) in [4.78, 5) is 4.40. The minimum absolute atomic E-state index is 0.496. The van der Waals surface area contributed by atoms with E-state index in [9.17, 15) is 13.2 Å². The summed E-state index contributed by atoms with van der Waals surface area (Å²) in [5, 5.41) is 0. The van der Waals surface area contributed by atoms with Gasteiger partial charge in [-0.2, -0.15) is 13.2 Å². The van der Waals surface area contributed by atoms with Crippen molar-refractivity contribution in [3.05, 3.63) is 29.3 Å². The first kappa shape index (κ1) is 14.7. The molecular weight excluding hydrogens is 281 g/mol. The molecule has 0 atom stereocenters. The number of anilines is 1. The zero-order chi connectivity index (χ0) is 15.0. The van der Waals surface area contributed by atoms with E-state index >= 15 is 0 Å². The second-order valence-electron chi connectivity index (χ2n) is 5.77. The molecule has 116 valence electrons. The van der Waals surface area contributed by atoms with Crippen molar-refractivity contribution in [2.75, 3.05) is 44.3 Å². The Balaban J connectivity index is 1.71. The lowest BCUT2D eigenvalue weighted by Crippen LogP contribution is -2.56. The number of nitrogens with zero attached hydrogens (tertiary/aromatic N) is 2. The molecule has 0 aromatic heterocycles.